The smallest absolute Gasteiger partial charge is 0.248 e. The molecule has 2 aromatic rings. The van der Waals surface area contributed by atoms with Gasteiger partial charge in [0.25, 0.3) is 0 Å². The number of carbonyl (C=O) groups is 1. The van der Waals surface area contributed by atoms with Gasteiger partial charge < -0.3 is 14.8 Å². The minimum atomic E-state index is -3.70. The fourth-order valence-electron chi connectivity index (χ4n) is 2.94. The number of benzene rings is 2. The standard InChI is InChI=1S/C21H23ClN2O5S/c1-15-3-4-16(13-18(15)22)5-8-21(25)23-19-14-17(6-7-20(19)28-2)30(26,27)24-9-11-29-12-10-24/h3-8,13-14H,9-12H2,1-2H3,(H,23,25). The molecule has 1 saturated heterocycles. The summed E-state index contributed by atoms with van der Waals surface area (Å²) in [4.78, 5) is 12.5. The van der Waals surface area contributed by atoms with Gasteiger partial charge in [-0.3, -0.25) is 4.79 Å². The van der Waals surface area contributed by atoms with Crippen molar-refractivity contribution < 1.29 is 22.7 Å². The van der Waals surface area contributed by atoms with Crippen LogP contribution >= 0.6 is 11.6 Å². The van der Waals surface area contributed by atoms with E-state index in [0.29, 0.717) is 24.0 Å². The molecule has 0 spiro atoms. The van der Waals surface area contributed by atoms with E-state index in [1.165, 1.54) is 35.7 Å². The van der Waals surface area contributed by atoms with Crippen LogP contribution in [0.25, 0.3) is 6.08 Å². The number of halogens is 1. The molecule has 0 bridgehead atoms. The van der Waals surface area contributed by atoms with Crippen molar-refractivity contribution in [3.63, 3.8) is 0 Å². The number of amides is 1. The molecule has 0 atom stereocenters. The molecule has 1 aliphatic heterocycles. The van der Waals surface area contributed by atoms with E-state index in [9.17, 15) is 13.2 Å². The van der Waals surface area contributed by atoms with Crippen molar-refractivity contribution in [2.45, 2.75) is 11.8 Å². The highest BCUT2D eigenvalue weighted by Crippen LogP contribution is 2.29. The topological polar surface area (TPSA) is 84.9 Å². The van der Waals surface area contributed by atoms with Crippen molar-refractivity contribution in [3.05, 3.63) is 58.6 Å². The Balaban J connectivity index is 1.80. The zero-order valence-electron chi connectivity index (χ0n) is 16.7. The summed E-state index contributed by atoms with van der Waals surface area (Å²) in [5, 5.41) is 3.29. The van der Waals surface area contributed by atoms with Gasteiger partial charge in [0.1, 0.15) is 5.75 Å². The van der Waals surface area contributed by atoms with Gasteiger partial charge >= 0.3 is 0 Å². The maximum Gasteiger partial charge on any atom is 0.248 e. The van der Waals surface area contributed by atoms with Crippen molar-refractivity contribution in [2.75, 3.05) is 38.7 Å². The van der Waals surface area contributed by atoms with Crippen LogP contribution in [0.3, 0.4) is 0 Å². The molecule has 0 aliphatic carbocycles. The van der Waals surface area contributed by atoms with Gasteiger partial charge in [0.2, 0.25) is 15.9 Å². The summed E-state index contributed by atoms with van der Waals surface area (Å²) in [6.45, 7) is 3.18. The maximum atomic E-state index is 12.9. The lowest BCUT2D eigenvalue weighted by Gasteiger charge is -2.26. The van der Waals surface area contributed by atoms with Gasteiger partial charge in [-0.2, -0.15) is 4.31 Å². The number of anilines is 1. The molecule has 0 radical (unpaired) electrons. The normalized spacial score (nSPS) is 15.3. The summed E-state index contributed by atoms with van der Waals surface area (Å²) in [6.07, 6.45) is 2.98. The van der Waals surface area contributed by atoms with E-state index >= 15 is 0 Å². The Hall–Kier alpha value is -2.39. The molecule has 3 rings (SSSR count). The van der Waals surface area contributed by atoms with E-state index in [1.807, 2.05) is 19.1 Å². The lowest BCUT2D eigenvalue weighted by Crippen LogP contribution is -2.40. The molecule has 1 amide bonds. The van der Waals surface area contributed by atoms with Crippen LogP contribution in [0.5, 0.6) is 5.75 Å². The summed E-state index contributed by atoms with van der Waals surface area (Å²) in [5.41, 5.74) is 1.99. The summed E-state index contributed by atoms with van der Waals surface area (Å²) >= 11 is 6.10. The maximum absolute atomic E-state index is 12.9. The molecular weight excluding hydrogens is 428 g/mol. The number of methoxy groups -OCH3 is 1. The average Bonchev–Trinajstić information content (AvgIpc) is 2.75. The molecule has 0 unspecified atom stereocenters. The predicted molar refractivity (Wildman–Crippen MR) is 116 cm³/mol. The highest BCUT2D eigenvalue weighted by atomic mass is 35.5. The Kier molecular flexibility index (Phi) is 7.14. The molecule has 9 heteroatoms. The molecule has 1 aliphatic rings. The Morgan fingerprint density at radius 2 is 1.93 bits per heavy atom. The minimum absolute atomic E-state index is 0.0785. The molecule has 0 saturated carbocycles. The number of carbonyl (C=O) groups excluding carboxylic acids is 1. The third kappa shape index (κ3) is 5.20. The van der Waals surface area contributed by atoms with Crippen LogP contribution in [0.2, 0.25) is 5.02 Å². The van der Waals surface area contributed by atoms with Crippen molar-refractivity contribution >= 4 is 39.3 Å². The molecule has 1 heterocycles. The van der Waals surface area contributed by atoms with Gasteiger partial charge in [-0.25, -0.2) is 8.42 Å². The molecule has 2 aromatic carbocycles. The minimum Gasteiger partial charge on any atom is -0.495 e. The molecule has 30 heavy (non-hydrogen) atoms. The van der Waals surface area contributed by atoms with Crippen LogP contribution in [0.1, 0.15) is 11.1 Å². The first kappa shape index (κ1) is 22.3. The van der Waals surface area contributed by atoms with Gasteiger partial charge in [0, 0.05) is 24.2 Å². The van der Waals surface area contributed by atoms with Gasteiger partial charge in [0.05, 0.1) is 30.9 Å². The van der Waals surface area contributed by atoms with Crippen molar-refractivity contribution in [2.24, 2.45) is 0 Å². The quantitative estimate of drug-likeness (QED) is 0.682. The van der Waals surface area contributed by atoms with Crippen molar-refractivity contribution in [1.29, 1.82) is 0 Å². The fraction of sp³-hybridized carbons (Fsp3) is 0.286. The highest BCUT2D eigenvalue weighted by Gasteiger charge is 2.27. The van der Waals surface area contributed by atoms with Crippen LogP contribution in [-0.2, 0) is 19.6 Å². The number of morpholine rings is 1. The number of ether oxygens (including phenoxy) is 2. The third-order valence-corrected chi connectivity index (χ3v) is 6.96. The van der Waals surface area contributed by atoms with Gasteiger partial charge in [-0.05, 0) is 48.4 Å². The lowest BCUT2D eigenvalue weighted by atomic mass is 10.1. The monoisotopic (exact) mass is 450 g/mol. The Labute approximate surface area is 181 Å². The van der Waals surface area contributed by atoms with Gasteiger partial charge in [0.15, 0.2) is 0 Å². The first-order chi connectivity index (χ1) is 14.3. The van der Waals surface area contributed by atoms with Crippen LogP contribution in [0.4, 0.5) is 5.69 Å². The summed E-state index contributed by atoms with van der Waals surface area (Å²) in [7, 11) is -2.25. The van der Waals surface area contributed by atoms with Crippen LogP contribution in [0, 0.1) is 6.92 Å². The van der Waals surface area contributed by atoms with E-state index in [1.54, 1.807) is 12.1 Å². The second-order valence-electron chi connectivity index (χ2n) is 6.71. The van der Waals surface area contributed by atoms with E-state index in [0.717, 1.165) is 11.1 Å². The van der Waals surface area contributed by atoms with E-state index in [-0.39, 0.29) is 23.7 Å². The zero-order chi connectivity index (χ0) is 21.7. The zero-order valence-corrected chi connectivity index (χ0v) is 18.3. The Morgan fingerprint density at radius 1 is 1.20 bits per heavy atom. The van der Waals surface area contributed by atoms with E-state index in [4.69, 9.17) is 21.1 Å². The second kappa shape index (κ2) is 9.61. The van der Waals surface area contributed by atoms with Gasteiger partial charge in [-0.1, -0.05) is 23.7 Å². The predicted octanol–water partition coefficient (Wildman–Crippen LogP) is 3.33. The molecule has 7 nitrogen and oxygen atoms in total. The number of aryl methyl sites for hydroxylation is 1. The highest BCUT2D eigenvalue weighted by molar-refractivity contribution is 7.89. The summed E-state index contributed by atoms with van der Waals surface area (Å²) < 4.78 is 37.6. The molecular formula is C21H23ClN2O5S. The van der Waals surface area contributed by atoms with E-state index < -0.39 is 15.9 Å². The van der Waals surface area contributed by atoms with E-state index in [2.05, 4.69) is 5.32 Å². The first-order valence-corrected chi connectivity index (χ1v) is 11.1. The molecule has 1 N–H and O–H groups in total. The molecule has 160 valence electrons. The Bertz CT molecular complexity index is 1060. The number of nitrogens with one attached hydrogen (secondary N) is 1. The number of hydrogen-bond acceptors (Lipinski definition) is 5. The molecule has 0 aromatic heterocycles. The number of nitrogens with zero attached hydrogens (tertiary/aromatic N) is 1. The average molecular weight is 451 g/mol. The number of hydrogen-bond donors (Lipinski definition) is 1. The number of sulfonamides is 1. The first-order valence-electron chi connectivity index (χ1n) is 9.32. The van der Waals surface area contributed by atoms with Crippen molar-refractivity contribution in [1.82, 2.24) is 4.31 Å². The second-order valence-corrected chi connectivity index (χ2v) is 9.05. The SMILES string of the molecule is COc1ccc(S(=O)(=O)N2CCOCC2)cc1NC(=O)C=Cc1ccc(C)c(Cl)c1. The Morgan fingerprint density at radius 3 is 2.60 bits per heavy atom. The van der Waals surface area contributed by atoms with Gasteiger partial charge in [-0.15, -0.1) is 0 Å². The number of rotatable bonds is 6. The van der Waals surface area contributed by atoms with Crippen molar-refractivity contribution in [3.8, 4) is 5.75 Å². The largest absolute Gasteiger partial charge is 0.495 e. The van der Waals surface area contributed by atoms with Crippen LogP contribution in [-0.4, -0.2) is 52.0 Å². The third-order valence-electron chi connectivity index (χ3n) is 4.66. The van der Waals surface area contributed by atoms with Crippen LogP contribution in [0.15, 0.2) is 47.4 Å². The molecule has 1 fully saturated rings. The van der Waals surface area contributed by atoms with Crippen LogP contribution < -0.4 is 10.1 Å². The lowest BCUT2D eigenvalue weighted by molar-refractivity contribution is -0.111. The summed E-state index contributed by atoms with van der Waals surface area (Å²) in [5.74, 6) is -0.0676. The fourth-order valence-corrected chi connectivity index (χ4v) is 4.56. The summed E-state index contributed by atoms with van der Waals surface area (Å²) in [6, 6.07) is 9.86.